The normalized spacial score (nSPS) is 17.3. The molecule has 0 aromatic heterocycles. The molecule has 1 unspecified atom stereocenters. The van der Waals surface area contributed by atoms with Crippen molar-refractivity contribution in [1.29, 1.82) is 0 Å². The number of allylic oxidation sites excluding steroid dienone is 7. The molecule has 0 spiro atoms. The van der Waals surface area contributed by atoms with Crippen molar-refractivity contribution in [2.75, 3.05) is 0 Å². The van der Waals surface area contributed by atoms with E-state index in [1.54, 1.807) is 0 Å². The fourth-order valence-corrected chi connectivity index (χ4v) is 5.61. The van der Waals surface area contributed by atoms with Crippen molar-refractivity contribution in [2.24, 2.45) is 4.99 Å². The maximum Gasteiger partial charge on any atom is 0.134 e. The molecule has 0 radical (unpaired) electrons. The smallest absolute Gasteiger partial charge is 0.134 e. The number of amidine groups is 1. The third-order valence-corrected chi connectivity index (χ3v) is 7.82. The summed E-state index contributed by atoms with van der Waals surface area (Å²) < 4.78 is 0. The lowest BCUT2D eigenvalue weighted by Crippen LogP contribution is -2.37. The second-order valence-corrected chi connectivity index (χ2v) is 10.7. The van der Waals surface area contributed by atoms with Gasteiger partial charge < -0.3 is 5.32 Å². The van der Waals surface area contributed by atoms with Crippen LogP contribution in [0.4, 0.5) is 0 Å². The number of aliphatic imine (C=N–C) groups is 1. The molecule has 2 aliphatic rings. The van der Waals surface area contributed by atoms with E-state index in [0.29, 0.717) is 0 Å². The number of nitrogens with one attached hydrogen (secondary N) is 1. The standard InChI is InChI=1S/C39H36N2/c1-3-4-7-15-28(2)37-27-38(41-39(40-37)30-18-10-6-11-19-30)32-21-14-20-31(26-32)34-25-24-33(29-16-8-5-9-17-29)35-22-12-13-23-36(34)35/h4,6-8,10-27,37H,3,5,9H2,1-2H3,(H,40,41)/b7-4-,28-15+. The summed E-state index contributed by atoms with van der Waals surface area (Å²) in [4.78, 5) is 5.13. The molecule has 1 aliphatic heterocycles. The Morgan fingerprint density at radius 2 is 1.56 bits per heavy atom. The van der Waals surface area contributed by atoms with E-state index in [2.05, 4.69) is 147 Å². The summed E-state index contributed by atoms with van der Waals surface area (Å²) in [6.45, 7) is 4.34. The lowest BCUT2D eigenvalue weighted by molar-refractivity contribution is 0.819. The lowest BCUT2D eigenvalue weighted by atomic mass is 9.89. The molecule has 1 aliphatic carbocycles. The van der Waals surface area contributed by atoms with Gasteiger partial charge in [0.2, 0.25) is 0 Å². The second-order valence-electron chi connectivity index (χ2n) is 10.7. The number of rotatable bonds is 7. The van der Waals surface area contributed by atoms with Gasteiger partial charge in [0.25, 0.3) is 0 Å². The fourth-order valence-electron chi connectivity index (χ4n) is 5.61. The molecule has 0 fully saturated rings. The van der Waals surface area contributed by atoms with Gasteiger partial charge in [0.15, 0.2) is 0 Å². The first-order valence-electron chi connectivity index (χ1n) is 14.7. The average Bonchev–Trinajstić information content (AvgIpc) is 3.05. The fraction of sp³-hybridized carbons (Fsp3) is 0.154. The third kappa shape index (κ3) is 5.78. The predicted molar refractivity (Wildman–Crippen MR) is 177 cm³/mol. The highest BCUT2D eigenvalue weighted by Gasteiger charge is 2.20. The van der Waals surface area contributed by atoms with Gasteiger partial charge in [-0.05, 0) is 76.9 Å². The Balaban J connectivity index is 1.43. The quantitative estimate of drug-likeness (QED) is 0.235. The summed E-state index contributed by atoms with van der Waals surface area (Å²) in [5.41, 5.74) is 9.50. The van der Waals surface area contributed by atoms with E-state index in [9.17, 15) is 0 Å². The number of hydrogen-bond donors (Lipinski definition) is 1. The Morgan fingerprint density at radius 3 is 2.34 bits per heavy atom. The number of hydrogen-bond acceptors (Lipinski definition) is 2. The van der Waals surface area contributed by atoms with E-state index < -0.39 is 0 Å². The van der Waals surface area contributed by atoms with Gasteiger partial charge in [0, 0.05) is 11.1 Å². The molecule has 4 aromatic carbocycles. The summed E-state index contributed by atoms with van der Waals surface area (Å²) in [7, 11) is 0. The predicted octanol–water partition coefficient (Wildman–Crippen LogP) is 9.91. The molecule has 0 bridgehead atoms. The van der Waals surface area contributed by atoms with Crippen LogP contribution in [0.15, 0.2) is 144 Å². The lowest BCUT2D eigenvalue weighted by Gasteiger charge is -2.25. The Kier molecular flexibility index (Phi) is 7.91. The molecule has 0 amide bonds. The molecule has 41 heavy (non-hydrogen) atoms. The van der Waals surface area contributed by atoms with Gasteiger partial charge in [-0.15, -0.1) is 0 Å². The van der Waals surface area contributed by atoms with E-state index in [-0.39, 0.29) is 6.04 Å². The Morgan fingerprint density at radius 1 is 0.829 bits per heavy atom. The molecular formula is C39H36N2. The zero-order valence-electron chi connectivity index (χ0n) is 23.8. The highest BCUT2D eigenvalue weighted by atomic mass is 15.0. The molecule has 1 heterocycles. The number of nitrogens with zero attached hydrogens (tertiary/aromatic N) is 1. The Bertz CT molecular complexity index is 1750. The molecule has 1 N–H and O–H groups in total. The van der Waals surface area contributed by atoms with Crippen molar-refractivity contribution in [3.63, 3.8) is 0 Å². The van der Waals surface area contributed by atoms with Crippen molar-refractivity contribution < 1.29 is 0 Å². The molecule has 2 heteroatoms. The largest absolute Gasteiger partial charge is 0.359 e. The first kappa shape index (κ1) is 26.5. The highest BCUT2D eigenvalue weighted by Crippen LogP contribution is 2.36. The van der Waals surface area contributed by atoms with Crippen LogP contribution in [0.1, 0.15) is 49.8 Å². The van der Waals surface area contributed by atoms with Crippen LogP contribution in [-0.4, -0.2) is 11.9 Å². The van der Waals surface area contributed by atoms with Gasteiger partial charge in [-0.2, -0.15) is 0 Å². The average molecular weight is 533 g/mol. The molecule has 4 aromatic rings. The van der Waals surface area contributed by atoms with Crippen molar-refractivity contribution in [1.82, 2.24) is 5.32 Å². The SMILES string of the molecule is CC/C=C\C=C(/C)C1C=C(c2cccc(-c3ccc(C4=CCCC=C4)c4ccccc34)c2)N=C(c2ccccc2)N1. The summed E-state index contributed by atoms with van der Waals surface area (Å²) in [6, 6.07) is 32.6. The number of fused-ring (bicyclic) bond motifs is 1. The topological polar surface area (TPSA) is 24.4 Å². The van der Waals surface area contributed by atoms with Crippen molar-refractivity contribution >= 4 is 27.9 Å². The minimum absolute atomic E-state index is 0.0554. The van der Waals surface area contributed by atoms with Crippen LogP contribution in [0.2, 0.25) is 0 Å². The minimum atomic E-state index is 0.0554. The Labute approximate surface area is 243 Å². The summed E-state index contributed by atoms with van der Waals surface area (Å²) in [5.74, 6) is 0.898. The van der Waals surface area contributed by atoms with Crippen LogP contribution in [0.3, 0.4) is 0 Å². The summed E-state index contributed by atoms with van der Waals surface area (Å²) >= 11 is 0. The highest BCUT2D eigenvalue weighted by molar-refractivity contribution is 6.05. The van der Waals surface area contributed by atoms with Crippen LogP contribution in [0.5, 0.6) is 0 Å². The van der Waals surface area contributed by atoms with Crippen LogP contribution in [-0.2, 0) is 0 Å². The van der Waals surface area contributed by atoms with Crippen LogP contribution in [0, 0.1) is 0 Å². The van der Waals surface area contributed by atoms with Crippen molar-refractivity contribution in [3.8, 4) is 11.1 Å². The van der Waals surface area contributed by atoms with E-state index in [4.69, 9.17) is 4.99 Å². The zero-order chi connectivity index (χ0) is 28.0. The number of benzene rings is 4. The van der Waals surface area contributed by atoms with E-state index in [1.807, 2.05) is 6.07 Å². The van der Waals surface area contributed by atoms with Gasteiger partial charge in [-0.25, -0.2) is 4.99 Å². The van der Waals surface area contributed by atoms with Gasteiger partial charge in [-0.3, -0.25) is 0 Å². The van der Waals surface area contributed by atoms with Crippen LogP contribution in [0.25, 0.3) is 33.2 Å². The van der Waals surface area contributed by atoms with E-state index in [1.165, 1.54) is 38.6 Å². The molecule has 6 rings (SSSR count). The summed E-state index contributed by atoms with van der Waals surface area (Å²) in [6.07, 6.45) is 18.9. The molecule has 0 saturated carbocycles. The van der Waals surface area contributed by atoms with Gasteiger partial charge in [-0.1, -0.05) is 128 Å². The van der Waals surface area contributed by atoms with Crippen molar-refractivity contribution in [3.05, 3.63) is 156 Å². The van der Waals surface area contributed by atoms with E-state index >= 15 is 0 Å². The third-order valence-electron chi connectivity index (χ3n) is 7.82. The van der Waals surface area contributed by atoms with Crippen LogP contribution < -0.4 is 5.32 Å². The maximum absolute atomic E-state index is 5.13. The minimum Gasteiger partial charge on any atom is -0.359 e. The maximum atomic E-state index is 5.13. The zero-order valence-corrected chi connectivity index (χ0v) is 23.8. The van der Waals surface area contributed by atoms with Gasteiger partial charge in [0.05, 0.1) is 11.7 Å². The molecule has 0 saturated heterocycles. The van der Waals surface area contributed by atoms with Gasteiger partial charge in [0.1, 0.15) is 5.84 Å². The summed E-state index contributed by atoms with van der Waals surface area (Å²) in [5, 5.41) is 6.23. The Hall–Kier alpha value is -4.69. The first-order valence-corrected chi connectivity index (χ1v) is 14.7. The van der Waals surface area contributed by atoms with E-state index in [0.717, 1.165) is 41.9 Å². The van der Waals surface area contributed by atoms with Crippen LogP contribution >= 0.6 is 0 Å². The van der Waals surface area contributed by atoms with Crippen molar-refractivity contribution in [2.45, 2.75) is 39.2 Å². The molecule has 2 nitrogen and oxygen atoms in total. The molecular weight excluding hydrogens is 496 g/mol. The first-order chi connectivity index (χ1) is 20.2. The molecule has 1 atom stereocenters. The second kappa shape index (κ2) is 12.2. The van der Waals surface area contributed by atoms with Gasteiger partial charge >= 0.3 is 0 Å². The monoisotopic (exact) mass is 532 g/mol. The molecule has 202 valence electrons.